The summed E-state index contributed by atoms with van der Waals surface area (Å²) in [5.41, 5.74) is 0.931. The van der Waals surface area contributed by atoms with Gasteiger partial charge in [-0.1, -0.05) is 6.07 Å². The first-order valence-corrected chi connectivity index (χ1v) is 5.79. The van der Waals surface area contributed by atoms with Gasteiger partial charge in [0.15, 0.2) is 6.10 Å². The van der Waals surface area contributed by atoms with Crippen molar-refractivity contribution in [2.45, 2.75) is 25.0 Å². The Hall–Kier alpha value is -2.39. The third-order valence-corrected chi connectivity index (χ3v) is 2.85. The SMILES string of the molecule is N#Cc1cccc(NC(=O)[C@@H]2CC[C@H](C(=O)O)O2)c1. The zero-order valence-corrected chi connectivity index (χ0v) is 10.00. The van der Waals surface area contributed by atoms with Crippen molar-refractivity contribution in [3.05, 3.63) is 29.8 Å². The largest absolute Gasteiger partial charge is 0.479 e. The number of carbonyl (C=O) groups excluding carboxylic acids is 1. The number of anilines is 1. The molecule has 1 heterocycles. The van der Waals surface area contributed by atoms with E-state index >= 15 is 0 Å². The van der Waals surface area contributed by atoms with E-state index in [9.17, 15) is 9.59 Å². The molecule has 1 aliphatic rings. The van der Waals surface area contributed by atoms with Gasteiger partial charge in [0.2, 0.25) is 0 Å². The molecule has 0 spiro atoms. The van der Waals surface area contributed by atoms with Crippen molar-refractivity contribution in [1.82, 2.24) is 0 Å². The van der Waals surface area contributed by atoms with Crippen LogP contribution in [0.25, 0.3) is 0 Å². The number of amides is 1. The fourth-order valence-corrected chi connectivity index (χ4v) is 1.90. The summed E-state index contributed by atoms with van der Waals surface area (Å²) in [7, 11) is 0. The molecule has 1 saturated heterocycles. The van der Waals surface area contributed by atoms with Crippen molar-refractivity contribution >= 4 is 17.6 Å². The molecule has 98 valence electrons. The Morgan fingerprint density at radius 3 is 2.74 bits per heavy atom. The van der Waals surface area contributed by atoms with Gasteiger partial charge in [0.05, 0.1) is 11.6 Å². The van der Waals surface area contributed by atoms with E-state index in [4.69, 9.17) is 15.1 Å². The molecule has 1 fully saturated rings. The summed E-state index contributed by atoms with van der Waals surface area (Å²) in [6.45, 7) is 0. The second-order valence-corrected chi connectivity index (χ2v) is 4.21. The van der Waals surface area contributed by atoms with Gasteiger partial charge in [-0.2, -0.15) is 5.26 Å². The van der Waals surface area contributed by atoms with E-state index in [0.717, 1.165) is 0 Å². The molecule has 1 aromatic carbocycles. The number of hydrogen-bond donors (Lipinski definition) is 2. The van der Waals surface area contributed by atoms with Gasteiger partial charge in [-0.15, -0.1) is 0 Å². The van der Waals surface area contributed by atoms with E-state index in [0.29, 0.717) is 24.1 Å². The fraction of sp³-hybridized carbons (Fsp3) is 0.308. The molecule has 0 aliphatic carbocycles. The van der Waals surface area contributed by atoms with Crippen molar-refractivity contribution < 1.29 is 19.4 Å². The molecule has 2 rings (SSSR count). The monoisotopic (exact) mass is 260 g/mol. The highest BCUT2D eigenvalue weighted by Gasteiger charge is 2.34. The average Bonchev–Trinajstić information content (AvgIpc) is 2.89. The van der Waals surface area contributed by atoms with E-state index in [1.807, 2.05) is 6.07 Å². The molecule has 6 heteroatoms. The van der Waals surface area contributed by atoms with Crippen LogP contribution in [0.2, 0.25) is 0 Å². The molecule has 1 amide bonds. The summed E-state index contributed by atoms with van der Waals surface area (Å²) in [6.07, 6.45) is -0.972. The first-order valence-electron chi connectivity index (χ1n) is 5.79. The number of nitriles is 1. The number of nitrogens with zero attached hydrogens (tertiary/aromatic N) is 1. The van der Waals surface area contributed by atoms with Crippen molar-refractivity contribution in [2.75, 3.05) is 5.32 Å². The van der Waals surface area contributed by atoms with Crippen LogP contribution in [-0.2, 0) is 14.3 Å². The number of rotatable bonds is 3. The van der Waals surface area contributed by atoms with Crippen LogP contribution in [0.1, 0.15) is 18.4 Å². The Labute approximate surface area is 109 Å². The Bertz CT molecular complexity index is 550. The van der Waals surface area contributed by atoms with E-state index in [1.165, 1.54) is 0 Å². The Morgan fingerprint density at radius 2 is 2.11 bits per heavy atom. The first-order chi connectivity index (χ1) is 9.10. The highest BCUT2D eigenvalue weighted by molar-refractivity contribution is 5.94. The van der Waals surface area contributed by atoms with Crippen LogP contribution in [-0.4, -0.2) is 29.2 Å². The normalized spacial score (nSPS) is 21.6. The smallest absolute Gasteiger partial charge is 0.332 e. The minimum atomic E-state index is -1.05. The molecule has 0 bridgehead atoms. The maximum atomic E-state index is 11.9. The van der Waals surface area contributed by atoms with E-state index in [2.05, 4.69) is 5.32 Å². The van der Waals surface area contributed by atoms with Gasteiger partial charge >= 0.3 is 5.97 Å². The molecular weight excluding hydrogens is 248 g/mol. The topological polar surface area (TPSA) is 99.4 Å². The zero-order chi connectivity index (χ0) is 13.8. The van der Waals surface area contributed by atoms with Gasteiger partial charge in [0.1, 0.15) is 6.10 Å². The molecule has 1 aliphatic heterocycles. The fourth-order valence-electron chi connectivity index (χ4n) is 1.90. The molecule has 0 radical (unpaired) electrons. The maximum Gasteiger partial charge on any atom is 0.332 e. The molecule has 2 N–H and O–H groups in total. The van der Waals surface area contributed by atoms with Crippen LogP contribution in [0.3, 0.4) is 0 Å². The molecule has 0 aromatic heterocycles. The number of aliphatic carboxylic acids is 1. The highest BCUT2D eigenvalue weighted by Crippen LogP contribution is 2.21. The van der Waals surface area contributed by atoms with Crippen molar-refractivity contribution in [1.29, 1.82) is 5.26 Å². The predicted molar refractivity (Wildman–Crippen MR) is 65.3 cm³/mol. The number of hydrogen-bond acceptors (Lipinski definition) is 4. The third-order valence-electron chi connectivity index (χ3n) is 2.85. The van der Waals surface area contributed by atoms with E-state index < -0.39 is 18.2 Å². The van der Waals surface area contributed by atoms with Crippen LogP contribution >= 0.6 is 0 Å². The van der Waals surface area contributed by atoms with Gasteiger partial charge in [0, 0.05) is 5.69 Å². The van der Waals surface area contributed by atoms with Gasteiger partial charge in [-0.3, -0.25) is 4.79 Å². The molecule has 6 nitrogen and oxygen atoms in total. The van der Waals surface area contributed by atoms with E-state index in [1.54, 1.807) is 24.3 Å². The molecule has 1 aromatic rings. The second kappa shape index (κ2) is 5.50. The summed E-state index contributed by atoms with van der Waals surface area (Å²) in [4.78, 5) is 22.6. The molecule has 2 atom stereocenters. The lowest BCUT2D eigenvalue weighted by Crippen LogP contribution is -2.29. The van der Waals surface area contributed by atoms with Crippen molar-refractivity contribution in [2.24, 2.45) is 0 Å². The zero-order valence-electron chi connectivity index (χ0n) is 10.00. The predicted octanol–water partition coefficient (Wildman–Crippen LogP) is 1.13. The lowest BCUT2D eigenvalue weighted by atomic mass is 10.1. The lowest BCUT2D eigenvalue weighted by molar-refractivity contribution is -0.150. The van der Waals surface area contributed by atoms with Crippen LogP contribution in [0, 0.1) is 11.3 Å². The first kappa shape index (κ1) is 13.1. The summed E-state index contributed by atoms with van der Waals surface area (Å²) in [5.74, 6) is -1.44. The second-order valence-electron chi connectivity index (χ2n) is 4.21. The van der Waals surface area contributed by atoms with Crippen LogP contribution in [0.15, 0.2) is 24.3 Å². The molecule has 19 heavy (non-hydrogen) atoms. The molecule has 0 unspecified atom stereocenters. The Balaban J connectivity index is 1.98. The summed E-state index contributed by atoms with van der Waals surface area (Å²) in [5, 5.41) is 20.1. The van der Waals surface area contributed by atoms with Gasteiger partial charge in [0.25, 0.3) is 5.91 Å². The summed E-state index contributed by atoms with van der Waals surface area (Å²) in [6, 6.07) is 8.45. The Morgan fingerprint density at radius 1 is 1.37 bits per heavy atom. The van der Waals surface area contributed by atoms with Crippen molar-refractivity contribution in [3.63, 3.8) is 0 Å². The number of carbonyl (C=O) groups is 2. The molecule has 0 saturated carbocycles. The summed E-state index contributed by atoms with van der Waals surface area (Å²) >= 11 is 0. The van der Waals surface area contributed by atoms with Crippen LogP contribution < -0.4 is 5.32 Å². The number of carboxylic acids is 1. The average molecular weight is 260 g/mol. The number of ether oxygens (including phenoxy) is 1. The standard InChI is InChI=1S/C13H12N2O4/c14-7-8-2-1-3-9(6-8)15-12(16)10-4-5-11(19-10)13(17)18/h1-3,6,10-11H,4-5H2,(H,15,16)(H,17,18)/t10-,11+/m0/s1. The van der Waals surface area contributed by atoms with E-state index in [-0.39, 0.29) is 5.91 Å². The maximum absolute atomic E-state index is 11.9. The van der Waals surface area contributed by atoms with Crippen LogP contribution in [0.4, 0.5) is 5.69 Å². The molecular formula is C13H12N2O4. The van der Waals surface area contributed by atoms with Gasteiger partial charge in [-0.25, -0.2) is 4.79 Å². The minimum Gasteiger partial charge on any atom is -0.479 e. The summed E-state index contributed by atoms with van der Waals surface area (Å²) < 4.78 is 5.14. The minimum absolute atomic E-state index is 0.325. The number of nitrogens with one attached hydrogen (secondary N) is 1. The van der Waals surface area contributed by atoms with Crippen molar-refractivity contribution in [3.8, 4) is 6.07 Å². The highest BCUT2D eigenvalue weighted by atomic mass is 16.5. The third kappa shape index (κ3) is 3.09. The van der Waals surface area contributed by atoms with Crippen LogP contribution in [0.5, 0.6) is 0 Å². The quantitative estimate of drug-likeness (QED) is 0.848. The van der Waals surface area contributed by atoms with Gasteiger partial charge < -0.3 is 15.2 Å². The number of benzene rings is 1. The lowest BCUT2D eigenvalue weighted by Gasteiger charge is -2.11. The number of carboxylic acid groups (broad SMARTS) is 1. The van der Waals surface area contributed by atoms with Gasteiger partial charge in [-0.05, 0) is 31.0 Å². The Kier molecular flexibility index (Phi) is 3.78.